The molecule has 0 spiro atoms. The molecule has 1 aliphatic rings. The second kappa shape index (κ2) is 6.50. The molecule has 3 rings (SSSR count). The molecule has 0 radical (unpaired) electrons. The van der Waals surface area contributed by atoms with E-state index in [1.54, 1.807) is 18.2 Å². The quantitative estimate of drug-likeness (QED) is 0.814. The van der Waals surface area contributed by atoms with Gasteiger partial charge >= 0.3 is 0 Å². The number of H-pyrrole nitrogens is 1. The number of hydrogen-bond acceptors (Lipinski definition) is 3. The molecule has 0 saturated carbocycles. The second-order valence-electron chi connectivity index (χ2n) is 5.64. The number of aromatic amines is 1. The minimum absolute atomic E-state index is 0.117. The van der Waals surface area contributed by atoms with E-state index < -0.39 is 0 Å². The molecule has 1 saturated heterocycles. The van der Waals surface area contributed by atoms with E-state index >= 15 is 0 Å². The monoisotopic (exact) mass is 318 g/mol. The van der Waals surface area contributed by atoms with Crippen molar-refractivity contribution in [3.63, 3.8) is 0 Å². The first kappa shape index (κ1) is 15.1. The molecule has 116 valence electrons. The van der Waals surface area contributed by atoms with E-state index in [0.717, 1.165) is 30.6 Å². The van der Waals surface area contributed by atoms with Crippen LogP contribution in [0.2, 0.25) is 5.02 Å². The Morgan fingerprint density at radius 3 is 2.86 bits per heavy atom. The normalized spacial score (nSPS) is 21.5. The molecular weight excluding hydrogens is 300 g/mol. The Morgan fingerprint density at radius 2 is 2.14 bits per heavy atom. The first-order chi connectivity index (χ1) is 10.6. The summed E-state index contributed by atoms with van der Waals surface area (Å²) in [5.41, 5.74) is 2.13. The molecule has 1 aromatic carbocycles. The van der Waals surface area contributed by atoms with E-state index in [0.29, 0.717) is 10.7 Å². The third kappa shape index (κ3) is 3.31. The highest BCUT2D eigenvalue weighted by molar-refractivity contribution is 6.30. The molecule has 5 nitrogen and oxygen atoms in total. The minimum Gasteiger partial charge on any atom is -0.346 e. The van der Waals surface area contributed by atoms with Gasteiger partial charge in [0, 0.05) is 22.7 Å². The molecule has 6 heteroatoms. The minimum atomic E-state index is -0.117. The van der Waals surface area contributed by atoms with Gasteiger partial charge in [-0.1, -0.05) is 23.7 Å². The van der Waals surface area contributed by atoms with Crippen molar-refractivity contribution < 1.29 is 4.79 Å². The van der Waals surface area contributed by atoms with Crippen molar-refractivity contribution in [2.24, 2.45) is 0 Å². The Hall–Kier alpha value is -1.85. The third-order valence-electron chi connectivity index (χ3n) is 4.04. The van der Waals surface area contributed by atoms with Crippen molar-refractivity contribution in [1.29, 1.82) is 0 Å². The lowest BCUT2D eigenvalue weighted by Gasteiger charge is -2.30. The summed E-state index contributed by atoms with van der Waals surface area (Å²) in [5, 5.41) is 14.1. The first-order valence-corrected chi connectivity index (χ1v) is 7.87. The van der Waals surface area contributed by atoms with Gasteiger partial charge in [-0.3, -0.25) is 9.89 Å². The lowest BCUT2D eigenvalue weighted by molar-refractivity contribution is 0.0914. The van der Waals surface area contributed by atoms with Gasteiger partial charge < -0.3 is 10.6 Å². The zero-order valence-electron chi connectivity index (χ0n) is 12.4. The SMILES string of the molecule is CC1NCCCC1NC(=O)c1cc(-c2ccc(Cl)cc2)n[nH]1. The fourth-order valence-electron chi connectivity index (χ4n) is 2.69. The number of carbonyl (C=O) groups is 1. The van der Waals surface area contributed by atoms with Crippen LogP contribution in [0.25, 0.3) is 11.3 Å². The molecule has 0 bridgehead atoms. The predicted octanol–water partition coefficient (Wildman–Crippen LogP) is 2.60. The van der Waals surface area contributed by atoms with Crippen LogP contribution in [0.5, 0.6) is 0 Å². The molecule has 1 amide bonds. The summed E-state index contributed by atoms with van der Waals surface area (Å²) < 4.78 is 0. The van der Waals surface area contributed by atoms with Crippen molar-refractivity contribution in [2.75, 3.05) is 6.54 Å². The van der Waals surface area contributed by atoms with Crippen molar-refractivity contribution in [3.8, 4) is 11.3 Å². The zero-order chi connectivity index (χ0) is 15.5. The summed E-state index contributed by atoms with van der Waals surface area (Å²) in [6, 6.07) is 9.58. The van der Waals surface area contributed by atoms with Crippen molar-refractivity contribution in [2.45, 2.75) is 31.8 Å². The van der Waals surface area contributed by atoms with Gasteiger partial charge in [-0.2, -0.15) is 5.10 Å². The van der Waals surface area contributed by atoms with Gasteiger partial charge in [-0.25, -0.2) is 0 Å². The molecule has 1 fully saturated rings. The number of benzene rings is 1. The Labute approximate surface area is 134 Å². The Morgan fingerprint density at radius 1 is 1.36 bits per heavy atom. The number of amides is 1. The van der Waals surface area contributed by atoms with Gasteiger partial charge in [0.05, 0.1) is 5.69 Å². The van der Waals surface area contributed by atoms with E-state index in [1.165, 1.54) is 0 Å². The maximum atomic E-state index is 12.3. The molecule has 2 heterocycles. The van der Waals surface area contributed by atoms with Crippen molar-refractivity contribution in [3.05, 3.63) is 41.0 Å². The van der Waals surface area contributed by atoms with Crippen LogP contribution >= 0.6 is 11.6 Å². The summed E-state index contributed by atoms with van der Waals surface area (Å²) in [4.78, 5) is 12.3. The highest BCUT2D eigenvalue weighted by atomic mass is 35.5. The number of rotatable bonds is 3. The molecule has 1 aromatic heterocycles. The highest BCUT2D eigenvalue weighted by Gasteiger charge is 2.23. The number of halogens is 1. The van der Waals surface area contributed by atoms with Crippen LogP contribution < -0.4 is 10.6 Å². The predicted molar refractivity (Wildman–Crippen MR) is 87.0 cm³/mol. The Kier molecular flexibility index (Phi) is 4.45. The van der Waals surface area contributed by atoms with Gasteiger partial charge in [0.15, 0.2) is 0 Å². The number of carbonyl (C=O) groups excluding carboxylic acids is 1. The number of nitrogens with one attached hydrogen (secondary N) is 3. The second-order valence-corrected chi connectivity index (χ2v) is 6.08. The van der Waals surface area contributed by atoms with Gasteiger partial charge in [-0.15, -0.1) is 0 Å². The molecule has 0 aliphatic carbocycles. The van der Waals surface area contributed by atoms with E-state index in [9.17, 15) is 4.79 Å². The van der Waals surface area contributed by atoms with Gasteiger partial charge in [0.1, 0.15) is 5.69 Å². The van der Waals surface area contributed by atoms with E-state index in [-0.39, 0.29) is 18.0 Å². The van der Waals surface area contributed by atoms with Crippen LogP contribution in [0, 0.1) is 0 Å². The Bertz CT molecular complexity index is 652. The van der Waals surface area contributed by atoms with Crippen LogP contribution in [0.1, 0.15) is 30.3 Å². The zero-order valence-corrected chi connectivity index (χ0v) is 13.2. The van der Waals surface area contributed by atoms with Crippen LogP contribution in [-0.2, 0) is 0 Å². The molecule has 22 heavy (non-hydrogen) atoms. The van der Waals surface area contributed by atoms with Crippen molar-refractivity contribution >= 4 is 17.5 Å². The smallest absolute Gasteiger partial charge is 0.269 e. The maximum Gasteiger partial charge on any atom is 0.269 e. The molecular formula is C16H19ClN4O. The van der Waals surface area contributed by atoms with Crippen LogP contribution in [0.4, 0.5) is 0 Å². The van der Waals surface area contributed by atoms with Gasteiger partial charge in [0.2, 0.25) is 0 Å². The number of piperidine rings is 1. The van der Waals surface area contributed by atoms with Crippen LogP contribution in [0.3, 0.4) is 0 Å². The topological polar surface area (TPSA) is 69.8 Å². The number of aromatic nitrogens is 2. The fourth-order valence-corrected chi connectivity index (χ4v) is 2.82. The summed E-state index contributed by atoms with van der Waals surface area (Å²) in [7, 11) is 0. The first-order valence-electron chi connectivity index (χ1n) is 7.49. The van der Waals surface area contributed by atoms with Crippen LogP contribution in [0.15, 0.2) is 30.3 Å². The fraction of sp³-hybridized carbons (Fsp3) is 0.375. The largest absolute Gasteiger partial charge is 0.346 e. The molecule has 2 unspecified atom stereocenters. The van der Waals surface area contributed by atoms with E-state index in [1.807, 2.05) is 12.1 Å². The lowest BCUT2D eigenvalue weighted by atomic mass is 10.00. The molecule has 3 N–H and O–H groups in total. The van der Waals surface area contributed by atoms with Gasteiger partial charge in [-0.05, 0) is 44.5 Å². The van der Waals surface area contributed by atoms with E-state index in [2.05, 4.69) is 27.8 Å². The summed E-state index contributed by atoms with van der Waals surface area (Å²) in [6.45, 7) is 3.11. The third-order valence-corrected chi connectivity index (χ3v) is 4.29. The standard InChI is InChI=1S/C16H19ClN4O/c1-10-13(3-2-8-18-10)19-16(22)15-9-14(20-21-15)11-4-6-12(17)7-5-11/h4-7,9-10,13,18H,2-3,8H2,1H3,(H,19,22)(H,20,21). The maximum absolute atomic E-state index is 12.3. The van der Waals surface area contributed by atoms with Crippen molar-refractivity contribution in [1.82, 2.24) is 20.8 Å². The lowest BCUT2D eigenvalue weighted by Crippen LogP contribution is -2.51. The molecule has 2 aromatic rings. The number of hydrogen-bond donors (Lipinski definition) is 3. The van der Waals surface area contributed by atoms with Crippen LogP contribution in [-0.4, -0.2) is 34.7 Å². The van der Waals surface area contributed by atoms with E-state index in [4.69, 9.17) is 11.6 Å². The Balaban J connectivity index is 1.70. The average Bonchev–Trinajstić information content (AvgIpc) is 3.00. The molecule has 2 atom stereocenters. The summed E-state index contributed by atoms with van der Waals surface area (Å²) in [5.74, 6) is -0.117. The van der Waals surface area contributed by atoms with Gasteiger partial charge in [0.25, 0.3) is 5.91 Å². The molecule has 1 aliphatic heterocycles. The summed E-state index contributed by atoms with van der Waals surface area (Å²) in [6.07, 6.45) is 2.08. The number of nitrogens with zero attached hydrogens (tertiary/aromatic N) is 1. The average molecular weight is 319 g/mol. The highest BCUT2D eigenvalue weighted by Crippen LogP contribution is 2.20. The summed E-state index contributed by atoms with van der Waals surface area (Å²) >= 11 is 5.88.